The van der Waals surface area contributed by atoms with Crippen molar-refractivity contribution >= 4 is 29.9 Å². The zero-order valence-corrected chi connectivity index (χ0v) is 15.7. The maximum Gasteiger partial charge on any atom is 0.251 e. The van der Waals surface area contributed by atoms with Gasteiger partial charge < -0.3 is 20.1 Å². The minimum atomic E-state index is -0.146. The maximum absolute atomic E-state index is 12.1. The maximum atomic E-state index is 12.1. The van der Waals surface area contributed by atoms with Gasteiger partial charge in [0, 0.05) is 23.7 Å². The lowest BCUT2D eigenvalue weighted by molar-refractivity contribution is 0.0953. The van der Waals surface area contributed by atoms with Crippen LogP contribution in [0.25, 0.3) is 0 Å². The first-order valence-electron chi connectivity index (χ1n) is 7.62. The largest absolute Gasteiger partial charge is 0.493 e. The number of likely N-dealkylation sites (N-methyl/N-ethyl adjacent to an activating group) is 1. The van der Waals surface area contributed by atoms with Crippen LogP contribution in [-0.2, 0) is 6.61 Å². The summed E-state index contributed by atoms with van der Waals surface area (Å²) < 4.78 is 11.1. The molecule has 2 N–H and O–H groups in total. The summed E-state index contributed by atoms with van der Waals surface area (Å²) in [5.41, 5.74) is 1.53. The molecule has 0 aliphatic rings. The Morgan fingerprint density at radius 1 is 1.08 bits per heavy atom. The molecule has 0 bridgehead atoms. The van der Waals surface area contributed by atoms with E-state index < -0.39 is 0 Å². The highest BCUT2D eigenvalue weighted by Crippen LogP contribution is 2.29. The minimum absolute atomic E-state index is 0. The molecule has 0 aliphatic heterocycles. The number of hydrogen-bond donors (Lipinski definition) is 2. The summed E-state index contributed by atoms with van der Waals surface area (Å²) in [6.45, 7) is 1.67. The van der Waals surface area contributed by atoms with Crippen molar-refractivity contribution in [3.05, 3.63) is 58.6 Å². The molecule has 7 heteroatoms. The second-order valence-electron chi connectivity index (χ2n) is 5.14. The number of ether oxygens (including phenoxy) is 2. The predicted molar refractivity (Wildman–Crippen MR) is 102 cm³/mol. The van der Waals surface area contributed by atoms with E-state index in [0.717, 1.165) is 5.56 Å². The summed E-state index contributed by atoms with van der Waals surface area (Å²) in [6, 6.07) is 12.6. The highest BCUT2D eigenvalue weighted by molar-refractivity contribution is 6.30. The van der Waals surface area contributed by atoms with Crippen LogP contribution in [0.1, 0.15) is 15.9 Å². The molecule has 1 amide bonds. The predicted octanol–water partition coefficient (Wildman–Crippen LogP) is 3.30. The number of methoxy groups -OCH3 is 1. The van der Waals surface area contributed by atoms with Crippen LogP contribution in [0.2, 0.25) is 5.02 Å². The monoisotopic (exact) mass is 384 g/mol. The molecule has 5 nitrogen and oxygen atoms in total. The van der Waals surface area contributed by atoms with Gasteiger partial charge in [-0.3, -0.25) is 4.79 Å². The van der Waals surface area contributed by atoms with E-state index in [2.05, 4.69) is 10.6 Å². The molecule has 0 fully saturated rings. The first-order valence-corrected chi connectivity index (χ1v) is 8.00. The van der Waals surface area contributed by atoms with Crippen molar-refractivity contribution in [2.24, 2.45) is 0 Å². The van der Waals surface area contributed by atoms with Crippen molar-refractivity contribution in [2.45, 2.75) is 6.61 Å². The van der Waals surface area contributed by atoms with E-state index in [1.165, 1.54) is 0 Å². The lowest BCUT2D eigenvalue weighted by atomic mass is 10.2. The van der Waals surface area contributed by atoms with Crippen LogP contribution < -0.4 is 20.1 Å². The van der Waals surface area contributed by atoms with Crippen LogP contribution in [0.3, 0.4) is 0 Å². The topological polar surface area (TPSA) is 59.6 Å². The SMILES string of the molecule is CNCCNC(=O)c1ccc(OCc2ccc(Cl)cc2)c(OC)c1.Cl. The summed E-state index contributed by atoms with van der Waals surface area (Å²) in [4.78, 5) is 12.1. The molecule has 136 valence electrons. The number of carbonyl (C=O) groups excluding carboxylic acids is 1. The molecule has 2 aromatic rings. The van der Waals surface area contributed by atoms with Crippen LogP contribution in [0, 0.1) is 0 Å². The summed E-state index contributed by atoms with van der Waals surface area (Å²) in [5.74, 6) is 0.956. The molecule has 0 heterocycles. The normalized spacial score (nSPS) is 9.88. The van der Waals surface area contributed by atoms with Gasteiger partial charge in [-0.1, -0.05) is 23.7 Å². The third-order valence-electron chi connectivity index (χ3n) is 3.39. The number of carbonyl (C=O) groups is 1. The zero-order chi connectivity index (χ0) is 17.4. The Kier molecular flexibility index (Phi) is 9.13. The summed E-state index contributed by atoms with van der Waals surface area (Å²) in [7, 11) is 3.38. The Balaban J connectivity index is 0.00000312. The van der Waals surface area contributed by atoms with E-state index in [-0.39, 0.29) is 18.3 Å². The average molecular weight is 385 g/mol. The van der Waals surface area contributed by atoms with E-state index in [0.29, 0.717) is 41.8 Å². The zero-order valence-electron chi connectivity index (χ0n) is 14.2. The third-order valence-corrected chi connectivity index (χ3v) is 3.65. The van der Waals surface area contributed by atoms with Crippen LogP contribution in [0.15, 0.2) is 42.5 Å². The fourth-order valence-corrected chi connectivity index (χ4v) is 2.20. The quantitative estimate of drug-likeness (QED) is 0.685. The molecule has 0 spiro atoms. The van der Waals surface area contributed by atoms with Crippen molar-refractivity contribution in [3.8, 4) is 11.5 Å². The van der Waals surface area contributed by atoms with E-state index in [1.807, 2.05) is 31.3 Å². The molecule has 0 atom stereocenters. The third kappa shape index (κ3) is 6.46. The standard InChI is InChI=1S/C18H21ClN2O3.ClH/c1-20-9-10-21-18(22)14-5-8-16(17(11-14)23-2)24-12-13-3-6-15(19)7-4-13;/h3-8,11,20H,9-10,12H2,1-2H3,(H,21,22);1H. The molecule has 0 radical (unpaired) electrons. The Bertz CT molecular complexity index is 679. The molecule has 0 aliphatic carbocycles. The molecule has 25 heavy (non-hydrogen) atoms. The minimum Gasteiger partial charge on any atom is -0.493 e. The van der Waals surface area contributed by atoms with Gasteiger partial charge >= 0.3 is 0 Å². The van der Waals surface area contributed by atoms with E-state index in [1.54, 1.807) is 25.3 Å². The fourth-order valence-electron chi connectivity index (χ4n) is 2.07. The van der Waals surface area contributed by atoms with Crippen molar-refractivity contribution < 1.29 is 14.3 Å². The molecule has 0 saturated heterocycles. The summed E-state index contributed by atoms with van der Waals surface area (Å²) in [5, 5.41) is 6.48. The van der Waals surface area contributed by atoms with E-state index in [4.69, 9.17) is 21.1 Å². The lowest BCUT2D eigenvalue weighted by Gasteiger charge is -2.12. The van der Waals surface area contributed by atoms with E-state index in [9.17, 15) is 4.79 Å². The van der Waals surface area contributed by atoms with Gasteiger partial charge in [-0.2, -0.15) is 0 Å². The van der Waals surface area contributed by atoms with Crippen molar-refractivity contribution in [1.29, 1.82) is 0 Å². The smallest absolute Gasteiger partial charge is 0.251 e. The van der Waals surface area contributed by atoms with Gasteiger partial charge in [-0.25, -0.2) is 0 Å². The first kappa shape index (κ1) is 21.1. The van der Waals surface area contributed by atoms with Gasteiger partial charge in [-0.05, 0) is 42.9 Å². The molecule has 0 saturated carbocycles. The number of rotatable bonds is 8. The molecule has 2 aromatic carbocycles. The molecule has 0 unspecified atom stereocenters. The van der Waals surface area contributed by atoms with Crippen LogP contribution in [0.4, 0.5) is 0 Å². The fraction of sp³-hybridized carbons (Fsp3) is 0.278. The van der Waals surface area contributed by atoms with Crippen molar-refractivity contribution in [3.63, 3.8) is 0 Å². The number of halogens is 2. The summed E-state index contributed by atoms with van der Waals surface area (Å²) in [6.07, 6.45) is 0. The van der Waals surface area contributed by atoms with Crippen LogP contribution >= 0.6 is 24.0 Å². The number of benzene rings is 2. The molecule has 2 rings (SSSR count). The van der Waals surface area contributed by atoms with Gasteiger partial charge in [0.25, 0.3) is 5.91 Å². The van der Waals surface area contributed by atoms with Crippen LogP contribution in [0.5, 0.6) is 11.5 Å². The number of amides is 1. The van der Waals surface area contributed by atoms with Gasteiger partial charge in [0.15, 0.2) is 11.5 Å². The molecular formula is C18H22Cl2N2O3. The Labute approximate surface area is 159 Å². The van der Waals surface area contributed by atoms with Gasteiger partial charge in [0.05, 0.1) is 7.11 Å². The second-order valence-corrected chi connectivity index (χ2v) is 5.58. The second kappa shape index (κ2) is 10.8. The molecular weight excluding hydrogens is 363 g/mol. The Morgan fingerprint density at radius 2 is 1.80 bits per heavy atom. The Hall–Kier alpha value is -1.95. The number of hydrogen-bond acceptors (Lipinski definition) is 4. The van der Waals surface area contributed by atoms with E-state index >= 15 is 0 Å². The van der Waals surface area contributed by atoms with Gasteiger partial charge in [-0.15, -0.1) is 12.4 Å². The van der Waals surface area contributed by atoms with Gasteiger partial charge in [0.1, 0.15) is 6.61 Å². The summed E-state index contributed by atoms with van der Waals surface area (Å²) >= 11 is 5.87. The number of nitrogens with one attached hydrogen (secondary N) is 2. The molecule has 0 aromatic heterocycles. The van der Waals surface area contributed by atoms with Crippen molar-refractivity contribution in [1.82, 2.24) is 10.6 Å². The lowest BCUT2D eigenvalue weighted by Crippen LogP contribution is -2.30. The average Bonchev–Trinajstić information content (AvgIpc) is 2.61. The van der Waals surface area contributed by atoms with Crippen LogP contribution in [-0.4, -0.2) is 33.2 Å². The van der Waals surface area contributed by atoms with Gasteiger partial charge in [0.2, 0.25) is 0 Å². The first-order chi connectivity index (χ1) is 11.6. The Morgan fingerprint density at radius 3 is 2.44 bits per heavy atom. The highest BCUT2D eigenvalue weighted by Gasteiger charge is 2.11. The highest BCUT2D eigenvalue weighted by atomic mass is 35.5. The van der Waals surface area contributed by atoms with Crippen molar-refractivity contribution in [2.75, 3.05) is 27.2 Å².